The second kappa shape index (κ2) is 11.2. The number of unbranched alkanes of at least 4 members (excludes halogenated alkanes) is 2. The van der Waals surface area contributed by atoms with Gasteiger partial charge in [-0.3, -0.25) is 0 Å². The molecule has 2 aromatic heterocycles. The van der Waals surface area contributed by atoms with E-state index in [0.717, 1.165) is 13.1 Å². The summed E-state index contributed by atoms with van der Waals surface area (Å²) in [7, 11) is 0. The normalized spacial score (nSPS) is 13.9. The third kappa shape index (κ3) is 4.66. The molecule has 1 aliphatic rings. The van der Waals surface area contributed by atoms with Crippen LogP contribution in [-0.4, -0.2) is 9.13 Å². The lowest BCUT2D eigenvalue weighted by atomic mass is 9.90. The summed E-state index contributed by atoms with van der Waals surface area (Å²) in [4.78, 5) is 0. The Bertz CT molecular complexity index is 1610. The molecule has 4 aromatic carbocycles. The molecule has 0 aliphatic heterocycles. The summed E-state index contributed by atoms with van der Waals surface area (Å²) >= 11 is 0. The summed E-state index contributed by atoms with van der Waals surface area (Å²) in [5, 5.41) is 5.50. The predicted octanol–water partition coefficient (Wildman–Crippen LogP) is 10.6. The molecule has 0 atom stereocenters. The van der Waals surface area contributed by atoms with Crippen LogP contribution in [0.4, 0.5) is 0 Å². The highest BCUT2D eigenvalue weighted by molar-refractivity contribution is 6.08. The van der Waals surface area contributed by atoms with Gasteiger partial charge in [-0.1, -0.05) is 84.9 Å². The van der Waals surface area contributed by atoms with Crippen molar-refractivity contribution in [3.63, 3.8) is 0 Å². The summed E-state index contributed by atoms with van der Waals surface area (Å²) in [6.07, 6.45) is 14.8. The van der Waals surface area contributed by atoms with Crippen LogP contribution in [0.1, 0.15) is 51.4 Å². The molecule has 2 heteroatoms. The molecule has 0 fully saturated rings. The fourth-order valence-corrected chi connectivity index (χ4v) is 6.96. The molecule has 1 aliphatic carbocycles. The number of fused-ring (bicyclic) bond motifs is 6. The molecule has 2 nitrogen and oxygen atoms in total. The van der Waals surface area contributed by atoms with Gasteiger partial charge in [-0.05, 0) is 86.8 Å². The summed E-state index contributed by atoms with van der Waals surface area (Å²) in [6.45, 7) is 2.16. The first-order chi connectivity index (χ1) is 19.9. The van der Waals surface area contributed by atoms with E-state index in [0.29, 0.717) is 0 Å². The first-order valence-corrected chi connectivity index (χ1v) is 15.2. The zero-order chi connectivity index (χ0) is 26.7. The van der Waals surface area contributed by atoms with Crippen LogP contribution in [0.25, 0.3) is 43.6 Å². The molecule has 2 heterocycles. The molecule has 200 valence electrons. The second-order valence-corrected chi connectivity index (χ2v) is 11.3. The van der Waals surface area contributed by atoms with Gasteiger partial charge in [-0.2, -0.15) is 0 Å². The number of hydrogen-bond acceptors (Lipinski definition) is 0. The lowest BCUT2D eigenvalue weighted by Gasteiger charge is -2.17. The van der Waals surface area contributed by atoms with Gasteiger partial charge in [-0.15, -0.1) is 0 Å². The number of rotatable bonds is 10. The molecular formula is C38H38N2. The van der Waals surface area contributed by atoms with Crippen molar-refractivity contribution in [2.75, 3.05) is 0 Å². The van der Waals surface area contributed by atoms with Gasteiger partial charge < -0.3 is 9.13 Å². The highest BCUT2D eigenvalue weighted by Crippen LogP contribution is 2.32. The van der Waals surface area contributed by atoms with Gasteiger partial charge in [-0.25, -0.2) is 0 Å². The van der Waals surface area contributed by atoms with Crippen molar-refractivity contribution in [3.05, 3.63) is 120 Å². The molecule has 0 radical (unpaired) electrons. The van der Waals surface area contributed by atoms with E-state index in [1.807, 2.05) is 0 Å². The van der Waals surface area contributed by atoms with Crippen LogP contribution in [-0.2, 0) is 13.1 Å². The van der Waals surface area contributed by atoms with Crippen LogP contribution in [0.15, 0.2) is 120 Å². The third-order valence-electron chi connectivity index (χ3n) is 8.88. The van der Waals surface area contributed by atoms with Gasteiger partial charge in [0.1, 0.15) is 0 Å². The maximum atomic E-state index is 2.53. The van der Waals surface area contributed by atoms with Crippen LogP contribution < -0.4 is 0 Å². The predicted molar refractivity (Wildman–Crippen MR) is 172 cm³/mol. The van der Waals surface area contributed by atoms with E-state index in [9.17, 15) is 0 Å². The molecule has 0 unspecified atom stereocenters. The van der Waals surface area contributed by atoms with Crippen molar-refractivity contribution >= 4 is 43.6 Å². The van der Waals surface area contributed by atoms with Gasteiger partial charge >= 0.3 is 0 Å². The zero-order valence-electron chi connectivity index (χ0n) is 23.4. The quantitative estimate of drug-likeness (QED) is 0.158. The molecule has 0 amide bonds. The van der Waals surface area contributed by atoms with Crippen molar-refractivity contribution in [1.29, 1.82) is 0 Å². The zero-order valence-corrected chi connectivity index (χ0v) is 23.4. The van der Waals surface area contributed by atoms with Gasteiger partial charge in [0.05, 0.1) is 0 Å². The minimum atomic E-state index is 1.08. The molecule has 0 saturated heterocycles. The average Bonchev–Trinajstić information content (AvgIpc) is 3.51. The number of aryl methyl sites for hydroxylation is 2. The number of nitrogens with zero attached hydrogens (tertiary/aromatic N) is 2. The number of hydrogen-bond donors (Lipinski definition) is 0. The average molecular weight is 523 g/mol. The smallest absolute Gasteiger partial charge is 0.0491 e. The van der Waals surface area contributed by atoms with Gasteiger partial charge in [0.2, 0.25) is 0 Å². The Morgan fingerprint density at radius 1 is 0.400 bits per heavy atom. The lowest BCUT2D eigenvalue weighted by Crippen LogP contribution is -2.01. The van der Waals surface area contributed by atoms with Crippen LogP contribution in [0.3, 0.4) is 0 Å². The van der Waals surface area contributed by atoms with E-state index in [-0.39, 0.29) is 0 Å². The molecule has 40 heavy (non-hydrogen) atoms. The fraction of sp³-hybridized carbons (Fsp3) is 0.263. The van der Waals surface area contributed by atoms with E-state index in [1.165, 1.54) is 95.0 Å². The van der Waals surface area contributed by atoms with Crippen molar-refractivity contribution in [3.8, 4) is 0 Å². The summed E-state index contributed by atoms with van der Waals surface area (Å²) in [5.41, 5.74) is 8.69. The summed E-state index contributed by atoms with van der Waals surface area (Å²) < 4.78 is 5.07. The van der Waals surface area contributed by atoms with Crippen LogP contribution in [0, 0.1) is 0 Å². The van der Waals surface area contributed by atoms with Crippen molar-refractivity contribution < 1.29 is 0 Å². The van der Waals surface area contributed by atoms with E-state index < -0.39 is 0 Å². The third-order valence-corrected chi connectivity index (χ3v) is 8.88. The first-order valence-electron chi connectivity index (χ1n) is 15.2. The SMILES string of the molecule is C1=C(CCCCn2c3ccccc3c3ccccc32)C(CCCCn2c3ccccc3c3ccccc32)=CCC1. The Kier molecular flexibility index (Phi) is 7.00. The van der Waals surface area contributed by atoms with E-state index in [1.54, 1.807) is 11.1 Å². The number of allylic oxidation sites excluding steroid dienone is 4. The van der Waals surface area contributed by atoms with Crippen LogP contribution in [0.2, 0.25) is 0 Å². The number of benzene rings is 4. The molecular weight excluding hydrogens is 484 g/mol. The van der Waals surface area contributed by atoms with Crippen molar-refractivity contribution in [2.45, 2.75) is 64.5 Å². The Hall–Kier alpha value is -4.04. The van der Waals surface area contributed by atoms with Crippen molar-refractivity contribution in [2.24, 2.45) is 0 Å². The molecule has 6 aromatic rings. The standard InChI is InChI=1S/C38H38N2/c1-2-16-30(18-12-14-28-40-37-25-9-5-21-33(37)34-22-6-10-26-38(34)40)29(15-1)17-11-13-27-39-35-23-7-3-19-31(35)32-20-4-8-24-36(32)39/h3-10,15-16,19-26H,1-2,11-14,17-18,27-28H2. The molecule has 0 N–H and O–H groups in total. The molecule has 0 spiro atoms. The molecule has 0 bridgehead atoms. The molecule has 0 saturated carbocycles. The largest absolute Gasteiger partial charge is 0.340 e. The fourth-order valence-electron chi connectivity index (χ4n) is 6.96. The van der Waals surface area contributed by atoms with E-state index in [4.69, 9.17) is 0 Å². The summed E-state index contributed by atoms with van der Waals surface area (Å²) in [6, 6.07) is 35.5. The van der Waals surface area contributed by atoms with Crippen molar-refractivity contribution in [1.82, 2.24) is 9.13 Å². The van der Waals surface area contributed by atoms with Gasteiger partial charge in [0.25, 0.3) is 0 Å². The number of aromatic nitrogens is 2. The summed E-state index contributed by atoms with van der Waals surface area (Å²) in [5.74, 6) is 0. The van der Waals surface area contributed by atoms with Gasteiger partial charge in [0.15, 0.2) is 0 Å². The molecule has 7 rings (SSSR count). The van der Waals surface area contributed by atoms with Crippen LogP contribution in [0.5, 0.6) is 0 Å². The maximum Gasteiger partial charge on any atom is 0.0491 e. The van der Waals surface area contributed by atoms with E-state index in [2.05, 4.69) is 118 Å². The lowest BCUT2D eigenvalue weighted by molar-refractivity contribution is 0.617. The Balaban J connectivity index is 0.960. The highest BCUT2D eigenvalue weighted by atomic mass is 15.0. The minimum absolute atomic E-state index is 1.08. The highest BCUT2D eigenvalue weighted by Gasteiger charge is 2.13. The van der Waals surface area contributed by atoms with E-state index >= 15 is 0 Å². The first kappa shape index (κ1) is 25.0. The van der Waals surface area contributed by atoms with Crippen LogP contribution >= 0.6 is 0 Å². The van der Waals surface area contributed by atoms with Gasteiger partial charge in [0, 0.05) is 56.7 Å². The Labute approximate surface area is 237 Å². The second-order valence-electron chi connectivity index (χ2n) is 11.3. The topological polar surface area (TPSA) is 9.86 Å². The monoisotopic (exact) mass is 522 g/mol. The Morgan fingerprint density at radius 2 is 0.725 bits per heavy atom. The maximum absolute atomic E-state index is 2.53. The Morgan fingerprint density at radius 3 is 1.07 bits per heavy atom. The minimum Gasteiger partial charge on any atom is -0.340 e. The number of para-hydroxylation sites is 4.